The van der Waals surface area contributed by atoms with E-state index in [0.717, 1.165) is 12.8 Å². The molecule has 0 spiro atoms. The van der Waals surface area contributed by atoms with Crippen molar-refractivity contribution in [1.82, 2.24) is 0 Å². The molecule has 0 bridgehead atoms. The lowest BCUT2D eigenvalue weighted by Crippen LogP contribution is -2.52. The van der Waals surface area contributed by atoms with Gasteiger partial charge in [0.1, 0.15) is 0 Å². The van der Waals surface area contributed by atoms with Gasteiger partial charge >= 0.3 is 0 Å². The third-order valence-corrected chi connectivity index (χ3v) is 6.90. The van der Waals surface area contributed by atoms with Crippen molar-refractivity contribution >= 4 is 0 Å². The van der Waals surface area contributed by atoms with Crippen LogP contribution in [0.3, 0.4) is 0 Å². The van der Waals surface area contributed by atoms with Crippen molar-refractivity contribution in [3.8, 4) is 0 Å². The van der Waals surface area contributed by atoms with E-state index in [2.05, 4.69) is 48.5 Å². The van der Waals surface area contributed by atoms with Crippen molar-refractivity contribution in [3.05, 3.63) is 0 Å². The zero-order chi connectivity index (χ0) is 16.6. The summed E-state index contributed by atoms with van der Waals surface area (Å²) < 4.78 is 12.9. The largest absolute Gasteiger partial charge is 0.349 e. The lowest BCUT2D eigenvalue weighted by atomic mass is 9.71. The number of rotatable bonds is 3. The standard InChI is InChI=1S/C19H37NO2/c1-8-17-13(5)11(3)15(7)19(21-17)22-18-10(2)9-16(20)12(4)14(18)6/h10-19H,8-9,20H2,1-7H3/t10?,11-,12?,13+,14+,15?,16+,17?,18-,19-/m0/s1. The maximum atomic E-state index is 6.56. The summed E-state index contributed by atoms with van der Waals surface area (Å²) >= 11 is 0. The van der Waals surface area contributed by atoms with Crippen LogP contribution in [-0.2, 0) is 9.47 Å². The third kappa shape index (κ3) is 3.37. The third-order valence-electron chi connectivity index (χ3n) is 6.90. The number of hydrogen-bond donors (Lipinski definition) is 1. The van der Waals surface area contributed by atoms with Gasteiger partial charge in [-0.3, -0.25) is 0 Å². The minimum Gasteiger partial charge on any atom is -0.349 e. The SMILES string of the molecule is CCC1O[C@@H](O[C@H]2C(C)C[C@@H](N)C(C)[C@H]2C)C(C)[C@@H](C)[C@H]1C. The second kappa shape index (κ2) is 7.19. The van der Waals surface area contributed by atoms with Gasteiger partial charge in [0.15, 0.2) is 6.29 Å². The Labute approximate surface area is 137 Å². The average molecular weight is 312 g/mol. The lowest BCUT2D eigenvalue weighted by molar-refractivity contribution is -0.281. The predicted molar refractivity (Wildman–Crippen MR) is 91.4 cm³/mol. The Bertz CT molecular complexity index is 359. The molecule has 1 aliphatic heterocycles. The van der Waals surface area contributed by atoms with E-state index in [1.165, 1.54) is 0 Å². The van der Waals surface area contributed by atoms with E-state index in [4.69, 9.17) is 15.2 Å². The minimum atomic E-state index is -0.0624. The molecule has 10 atom stereocenters. The van der Waals surface area contributed by atoms with Crippen LogP contribution >= 0.6 is 0 Å². The Morgan fingerprint density at radius 1 is 0.909 bits per heavy atom. The highest BCUT2D eigenvalue weighted by Crippen LogP contribution is 2.41. The highest BCUT2D eigenvalue weighted by Gasteiger charge is 2.44. The van der Waals surface area contributed by atoms with E-state index in [9.17, 15) is 0 Å². The zero-order valence-corrected chi connectivity index (χ0v) is 15.6. The van der Waals surface area contributed by atoms with Crippen molar-refractivity contribution < 1.29 is 9.47 Å². The van der Waals surface area contributed by atoms with E-state index in [1.54, 1.807) is 0 Å². The number of ether oxygens (including phenoxy) is 2. The van der Waals surface area contributed by atoms with Crippen LogP contribution in [-0.4, -0.2) is 24.5 Å². The van der Waals surface area contributed by atoms with Gasteiger partial charge in [0.25, 0.3) is 0 Å². The maximum absolute atomic E-state index is 6.56. The summed E-state index contributed by atoms with van der Waals surface area (Å²) in [6, 6.07) is 0.303. The fourth-order valence-corrected chi connectivity index (χ4v) is 4.51. The lowest BCUT2D eigenvalue weighted by Gasteiger charge is -2.48. The summed E-state index contributed by atoms with van der Waals surface area (Å²) in [7, 11) is 0. The molecule has 2 N–H and O–H groups in total. The molecule has 0 aromatic rings. The van der Waals surface area contributed by atoms with Crippen LogP contribution in [0.1, 0.15) is 61.3 Å². The van der Waals surface area contributed by atoms with Crippen molar-refractivity contribution in [2.45, 2.75) is 85.8 Å². The molecule has 2 fully saturated rings. The molecule has 2 aliphatic rings. The number of hydrogen-bond acceptors (Lipinski definition) is 3. The van der Waals surface area contributed by atoms with Crippen LogP contribution in [0.15, 0.2) is 0 Å². The molecule has 1 aliphatic carbocycles. The molecule has 0 radical (unpaired) electrons. The van der Waals surface area contributed by atoms with Gasteiger partial charge < -0.3 is 15.2 Å². The van der Waals surface area contributed by atoms with Crippen LogP contribution in [0, 0.1) is 35.5 Å². The van der Waals surface area contributed by atoms with E-state index in [-0.39, 0.29) is 12.4 Å². The van der Waals surface area contributed by atoms with Crippen molar-refractivity contribution in [2.24, 2.45) is 41.2 Å². The van der Waals surface area contributed by atoms with Gasteiger partial charge in [-0.1, -0.05) is 48.5 Å². The summed E-state index contributed by atoms with van der Waals surface area (Å²) in [4.78, 5) is 0. The summed E-state index contributed by atoms with van der Waals surface area (Å²) in [6.45, 7) is 16.0. The quantitative estimate of drug-likeness (QED) is 0.855. The summed E-state index contributed by atoms with van der Waals surface area (Å²) in [5.74, 6) is 3.20. The molecule has 130 valence electrons. The molecule has 22 heavy (non-hydrogen) atoms. The molecule has 0 aromatic heterocycles. The average Bonchev–Trinajstić information content (AvgIpc) is 2.49. The Morgan fingerprint density at radius 2 is 1.55 bits per heavy atom. The van der Waals surface area contributed by atoms with Gasteiger partial charge in [-0.05, 0) is 42.4 Å². The van der Waals surface area contributed by atoms with Crippen molar-refractivity contribution in [3.63, 3.8) is 0 Å². The van der Waals surface area contributed by atoms with Crippen molar-refractivity contribution in [2.75, 3.05) is 0 Å². The highest BCUT2D eigenvalue weighted by atomic mass is 16.7. The second-order valence-corrected chi connectivity index (χ2v) is 8.22. The summed E-state index contributed by atoms with van der Waals surface area (Å²) in [5, 5.41) is 0. The van der Waals surface area contributed by atoms with Gasteiger partial charge in [-0.15, -0.1) is 0 Å². The minimum absolute atomic E-state index is 0.0624. The zero-order valence-electron chi connectivity index (χ0n) is 15.6. The van der Waals surface area contributed by atoms with Gasteiger partial charge in [-0.2, -0.15) is 0 Å². The Kier molecular flexibility index (Phi) is 5.95. The Balaban J connectivity index is 2.08. The molecule has 0 aromatic carbocycles. The summed E-state index contributed by atoms with van der Waals surface area (Å²) in [5.41, 5.74) is 6.28. The van der Waals surface area contributed by atoms with E-state index < -0.39 is 0 Å². The van der Waals surface area contributed by atoms with E-state index >= 15 is 0 Å². The molecule has 3 heteroatoms. The molecule has 1 heterocycles. The molecule has 4 unspecified atom stereocenters. The molecular weight excluding hydrogens is 274 g/mol. The van der Waals surface area contributed by atoms with Crippen LogP contribution in [0.5, 0.6) is 0 Å². The second-order valence-electron chi connectivity index (χ2n) is 8.22. The first-order chi connectivity index (χ1) is 10.3. The fraction of sp³-hybridized carbons (Fsp3) is 1.00. The molecule has 0 amide bonds. The molecule has 1 saturated carbocycles. The van der Waals surface area contributed by atoms with Crippen LogP contribution in [0.25, 0.3) is 0 Å². The van der Waals surface area contributed by atoms with Gasteiger partial charge in [0.2, 0.25) is 0 Å². The van der Waals surface area contributed by atoms with Crippen LogP contribution in [0.4, 0.5) is 0 Å². The maximum Gasteiger partial charge on any atom is 0.161 e. The molecule has 3 nitrogen and oxygen atoms in total. The molecule has 2 rings (SSSR count). The van der Waals surface area contributed by atoms with Crippen LogP contribution in [0.2, 0.25) is 0 Å². The molecule has 1 saturated heterocycles. The topological polar surface area (TPSA) is 44.5 Å². The Hall–Kier alpha value is -0.120. The molecular formula is C19H37NO2. The monoisotopic (exact) mass is 311 g/mol. The predicted octanol–water partition coefficient (Wildman–Crippen LogP) is 4.05. The van der Waals surface area contributed by atoms with E-state index in [1.807, 2.05) is 0 Å². The first-order valence-electron chi connectivity index (χ1n) is 9.34. The Morgan fingerprint density at radius 3 is 2.14 bits per heavy atom. The van der Waals surface area contributed by atoms with E-state index in [0.29, 0.717) is 47.7 Å². The highest BCUT2D eigenvalue weighted by molar-refractivity contribution is 4.91. The number of nitrogens with two attached hydrogens (primary N) is 1. The van der Waals surface area contributed by atoms with Crippen molar-refractivity contribution in [1.29, 1.82) is 0 Å². The normalized spacial score (nSPS) is 53.5. The smallest absolute Gasteiger partial charge is 0.161 e. The van der Waals surface area contributed by atoms with Gasteiger partial charge in [0, 0.05) is 12.0 Å². The van der Waals surface area contributed by atoms with Crippen LogP contribution < -0.4 is 5.73 Å². The first kappa shape index (κ1) is 18.2. The van der Waals surface area contributed by atoms with Gasteiger partial charge in [-0.25, -0.2) is 0 Å². The fourth-order valence-electron chi connectivity index (χ4n) is 4.51. The first-order valence-corrected chi connectivity index (χ1v) is 9.34. The summed E-state index contributed by atoms with van der Waals surface area (Å²) in [6.07, 6.45) is 2.65. The van der Waals surface area contributed by atoms with Gasteiger partial charge in [0.05, 0.1) is 12.2 Å².